The molecule has 1 N–H and O–H groups in total. The van der Waals surface area contributed by atoms with Crippen molar-refractivity contribution in [3.05, 3.63) is 23.1 Å². The van der Waals surface area contributed by atoms with E-state index in [-0.39, 0.29) is 17.2 Å². The minimum absolute atomic E-state index is 0.162. The number of furan rings is 1. The minimum atomic E-state index is -0.162. The van der Waals surface area contributed by atoms with Crippen LogP contribution in [-0.4, -0.2) is 23.0 Å². The molecule has 0 aromatic carbocycles. The average molecular weight is 274 g/mol. The molecule has 0 aliphatic heterocycles. The van der Waals surface area contributed by atoms with Crippen LogP contribution in [-0.2, 0) is 0 Å². The van der Waals surface area contributed by atoms with Gasteiger partial charge < -0.3 is 9.73 Å². The summed E-state index contributed by atoms with van der Waals surface area (Å²) in [5, 5.41) is 3.82. The molecule has 0 saturated heterocycles. The number of hydrogen-bond donors (Lipinski definition) is 1. The normalized spacial score (nSPS) is 23.9. The predicted octanol–water partition coefficient (Wildman–Crippen LogP) is 3.34. The van der Waals surface area contributed by atoms with Gasteiger partial charge in [-0.15, -0.1) is 0 Å². The Hall–Kier alpha value is -0.610. The van der Waals surface area contributed by atoms with Gasteiger partial charge in [-0.2, -0.15) is 11.8 Å². The second-order valence-corrected chi connectivity index (χ2v) is 6.00. The molecule has 3 nitrogen and oxygen atoms in total. The van der Waals surface area contributed by atoms with Crippen LogP contribution in [0.25, 0.3) is 0 Å². The lowest BCUT2D eigenvalue weighted by atomic mass is 10.2. The summed E-state index contributed by atoms with van der Waals surface area (Å²) >= 11 is 7.57. The molecular formula is C12H16ClNO2S. The summed E-state index contributed by atoms with van der Waals surface area (Å²) in [6.45, 7) is 2.15. The largest absolute Gasteiger partial charge is 0.440 e. The Labute approximate surface area is 110 Å². The highest BCUT2D eigenvalue weighted by atomic mass is 35.5. The van der Waals surface area contributed by atoms with E-state index in [0.717, 1.165) is 12.2 Å². The Kier molecular flexibility index (Phi) is 4.40. The molecule has 1 aromatic rings. The van der Waals surface area contributed by atoms with Crippen LogP contribution in [0.4, 0.5) is 0 Å². The third kappa shape index (κ3) is 3.19. The molecule has 2 atom stereocenters. The Morgan fingerprint density at radius 2 is 2.41 bits per heavy atom. The van der Waals surface area contributed by atoms with Crippen LogP contribution in [0.2, 0.25) is 5.22 Å². The van der Waals surface area contributed by atoms with Gasteiger partial charge in [0.25, 0.3) is 5.91 Å². The van der Waals surface area contributed by atoms with Gasteiger partial charge in [-0.1, -0.05) is 13.3 Å². The first-order valence-electron chi connectivity index (χ1n) is 5.88. The molecule has 0 radical (unpaired) electrons. The number of carbonyl (C=O) groups excluding carboxylic acids is 1. The van der Waals surface area contributed by atoms with Gasteiger partial charge in [-0.3, -0.25) is 4.79 Å². The van der Waals surface area contributed by atoms with Gasteiger partial charge in [0.1, 0.15) is 0 Å². The van der Waals surface area contributed by atoms with Gasteiger partial charge in [0.05, 0.1) is 0 Å². The number of amides is 1. The van der Waals surface area contributed by atoms with Gasteiger partial charge in [-0.05, 0) is 42.3 Å². The third-order valence-electron chi connectivity index (χ3n) is 2.95. The predicted molar refractivity (Wildman–Crippen MR) is 70.7 cm³/mol. The molecule has 0 spiro atoms. The smallest absolute Gasteiger partial charge is 0.287 e. The topological polar surface area (TPSA) is 42.2 Å². The summed E-state index contributed by atoms with van der Waals surface area (Å²) in [6.07, 6.45) is 3.42. The zero-order chi connectivity index (χ0) is 12.3. The third-order valence-corrected chi connectivity index (χ3v) is 4.48. The van der Waals surface area contributed by atoms with E-state index in [0.29, 0.717) is 11.0 Å². The standard InChI is InChI=1S/C12H16ClNO2S/c1-2-17-10-5-3-4-8(10)14-12(15)9-6-7-11(13)16-9/h6-8,10H,2-5H2,1H3,(H,14,15). The van der Waals surface area contributed by atoms with Gasteiger partial charge in [0.15, 0.2) is 11.0 Å². The molecule has 1 aliphatic rings. The zero-order valence-electron chi connectivity index (χ0n) is 9.74. The highest BCUT2D eigenvalue weighted by molar-refractivity contribution is 7.99. The molecule has 0 bridgehead atoms. The van der Waals surface area contributed by atoms with Crippen molar-refractivity contribution in [1.82, 2.24) is 5.32 Å². The van der Waals surface area contributed by atoms with Crippen LogP contribution < -0.4 is 5.32 Å². The van der Waals surface area contributed by atoms with Crippen molar-refractivity contribution in [1.29, 1.82) is 0 Å². The molecule has 1 saturated carbocycles. The van der Waals surface area contributed by atoms with E-state index < -0.39 is 0 Å². The molecule has 1 aromatic heterocycles. The summed E-state index contributed by atoms with van der Waals surface area (Å²) < 4.78 is 5.10. The summed E-state index contributed by atoms with van der Waals surface area (Å²) in [5.41, 5.74) is 0. The Morgan fingerprint density at radius 3 is 3.06 bits per heavy atom. The monoisotopic (exact) mass is 273 g/mol. The van der Waals surface area contributed by atoms with Crippen molar-refractivity contribution in [3.8, 4) is 0 Å². The molecule has 1 fully saturated rings. The number of thioether (sulfide) groups is 1. The molecule has 5 heteroatoms. The van der Waals surface area contributed by atoms with E-state index in [9.17, 15) is 4.79 Å². The van der Waals surface area contributed by atoms with Crippen LogP contribution in [0.5, 0.6) is 0 Å². The highest BCUT2D eigenvalue weighted by Crippen LogP contribution is 2.30. The first-order valence-corrected chi connectivity index (χ1v) is 7.31. The van der Waals surface area contributed by atoms with E-state index in [1.807, 2.05) is 11.8 Å². The fraction of sp³-hybridized carbons (Fsp3) is 0.583. The van der Waals surface area contributed by atoms with Crippen molar-refractivity contribution in [2.45, 2.75) is 37.5 Å². The average Bonchev–Trinajstić information content (AvgIpc) is 2.89. The first kappa shape index (κ1) is 12.8. The van der Waals surface area contributed by atoms with E-state index in [1.54, 1.807) is 12.1 Å². The molecule has 1 heterocycles. The summed E-state index contributed by atoms with van der Waals surface area (Å²) in [4.78, 5) is 11.9. The Balaban J connectivity index is 1.94. The summed E-state index contributed by atoms with van der Waals surface area (Å²) in [6, 6.07) is 3.45. The lowest BCUT2D eigenvalue weighted by molar-refractivity contribution is 0.0911. The first-order chi connectivity index (χ1) is 8.20. The number of hydrogen-bond acceptors (Lipinski definition) is 3. The van der Waals surface area contributed by atoms with Crippen LogP contribution in [0, 0.1) is 0 Å². The summed E-state index contributed by atoms with van der Waals surface area (Å²) in [7, 11) is 0. The SMILES string of the molecule is CCSC1CCCC1NC(=O)c1ccc(Cl)o1. The molecule has 2 unspecified atom stereocenters. The maximum atomic E-state index is 11.9. The van der Waals surface area contributed by atoms with E-state index in [1.165, 1.54) is 12.8 Å². The Morgan fingerprint density at radius 1 is 1.59 bits per heavy atom. The van der Waals surface area contributed by atoms with Crippen LogP contribution >= 0.6 is 23.4 Å². The fourth-order valence-corrected chi connectivity index (χ4v) is 3.52. The molecule has 94 valence electrons. The zero-order valence-corrected chi connectivity index (χ0v) is 11.3. The molecule has 2 rings (SSSR count). The fourth-order valence-electron chi connectivity index (χ4n) is 2.18. The van der Waals surface area contributed by atoms with Gasteiger partial charge in [-0.25, -0.2) is 0 Å². The van der Waals surface area contributed by atoms with Crippen molar-refractivity contribution in [2.24, 2.45) is 0 Å². The van der Waals surface area contributed by atoms with Crippen molar-refractivity contribution in [3.63, 3.8) is 0 Å². The highest BCUT2D eigenvalue weighted by Gasteiger charge is 2.29. The van der Waals surface area contributed by atoms with Crippen molar-refractivity contribution < 1.29 is 9.21 Å². The Bertz CT molecular complexity index is 394. The number of rotatable bonds is 4. The van der Waals surface area contributed by atoms with E-state index in [4.69, 9.17) is 16.0 Å². The van der Waals surface area contributed by atoms with Crippen LogP contribution in [0.15, 0.2) is 16.5 Å². The maximum Gasteiger partial charge on any atom is 0.287 e. The molecule has 1 aliphatic carbocycles. The van der Waals surface area contributed by atoms with E-state index >= 15 is 0 Å². The maximum absolute atomic E-state index is 11.9. The minimum Gasteiger partial charge on any atom is -0.440 e. The molecule has 1 amide bonds. The van der Waals surface area contributed by atoms with Crippen LogP contribution in [0.1, 0.15) is 36.7 Å². The number of carbonyl (C=O) groups is 1. The van der Waals surface area contributed by atoms with E-state index in [2.05, 4.69) is 12.2 Å². The lowest BCUT2D eigenvalue weighted by Gasteiger charge is -2.19. The summed E-state index contributed by atoms with van der Waals surface area (Å²) in [5.74, 6) is 1.22. The quantitative estimate of drug-likeness (QED) is 0.915. The van der Waals surface area contributed by atoms with Crippen molar-refractivity contribution in [2.75, 3.05) is 5.75 Å². The van der Waals surface area contributed by atoms with Gasteiger partial charge in [0.2, 0.25) is 0 Å². The van der Waals surface area contributed by atoms with Crippen LogP contribution in [0.3, 0.4) is 0 Å². The molecular weight excluding hydrogens is 258 g/mol. The number of halogens is 1. The second-order valence-electron chi connectivity index (χ2n) is 4.11. The van der Waals surface area contributed by atoms with Gasteiger partial charge >= 0.3 is 0 Å². The lowest BCUT2D eigenvalue weighted by Crippen LogP contribution is -2.38. The van der Waals surface area contributed by atoms with Gasteiger partial charge in [0, 0.05) is 11.3 Å². The molecule has 17 heavy (non-hydrogen) atoms. The van der Waals surface area contributed by atoms with Crippen molar-refractivity contribution >= 4 is 29.3 Å². The number of nitrogens with one attached hydrogen (secondary N) is 1. The second kappa shape index (κ2) is 5.83.